The highest BCUT2D eigenvalue weighted by molar-refractivity contribution is 7.08. The first-order valence-corrected chi connectivity index (χ1v) is 11.5. The number of carboxylic acids is 2. The average Bonchev–Trinajstić information content (AvgIpc) is 3.48. The highest BCUT2D eigenvalue weighted by atomic mass is 32.1. The standard InChI is InChI=1S/C18H19NOS3.C2H2O4/c1-13(18(20)16-5-9-23-12-16)19-6-2-17(14-3-7-21-10-14)15-4-8-22-11-15;3-1(4)2(5)6/h2-5,7-13,18-20H,6H2,1H3;(H,3,4)(H,5,6). The zero-order valence-electron chi connectivity index (χ0n) is 15.6. The molecule has 0 spiro atoms. The maximum atomic E-state index is 10.4. The van der Waals surface area contributed by atoms with Crippen LogP contribution in [0.4, 0.5) is 0 Å². The van der Waals surface area contributed by atoms with Crippen LogP contribution in [0.3, 0.4) is 0 Å². The predicted octanol–water partition coefficient (Wildman–Crippen LogP) is 1.81. The largest absolute Gasteiger partial charge is 0.539 e. The van der Waals surface area contributed by atoms with Crippen molar-refractivity contribution in [2.45, 2.75) is 19.1 Å². The molecule has 4 N–H and O–H groups in total. The van der Waals surface area contributed by atoms with Gasteiger partial charge in [-0.3, -0.25) is 0 Å². The second-order valence-electron chi connectivity index (χ2n) is 6.07. The Labute approximate surface area is 180 Å². The van der Waals surface area contributed by atoms with Gasteiger partial charge < -0.3 is 25.4 Å². The summed E-state index contributed by atoms with van der Waals surface area (Å²) in [6.45, 7) is 2.93. The number of aliphatic hydroxyl groups excluding tert-OH is 1. The molecule has 0 aromatic carbocycles. The summed E-state index contributed by atoms with van der Waals surface area (Å²) in [4.78, 5) is 18.0. The normalized spacial score (nSPS) is 12.3. The SMILES string of the molecule is CC([NH2+]CC=C(c1ccsc1)c1ccsc1)C(O)c1ccsc1.O=C([O-])C(=O)O. The molecular formula is C20H21NO5S3. The Balaban J connectivity index is 0.000000438. The molecule has 0 radical (unpaired) electrons. The van der Waals surface area contributed by atoms with Crippen molar-refractivity contribution >= 4 is 51.5 Å². The molecule has 3 heterocycles. The Morgan fingerprint density at radius 1 is 1.07 bits per heavy atom. The number of rotatable bonds is 7. The fourth-order valence-electron chi connectivity index (χ4n) is 2.51. The van der Waals surface area contributed by atoms with Crippen molar-refractivity contribution in [2.75, 3.05) is 6.54 Å². The predicted molar refractivity (Wildman–Crippen MR) is 114 cm³/mol. The van der Waals surface area contributed by atoms with Crippen LogP contribution in [0.5, 0.6) is 0 Å². The Bertz CT molecular complexity index is 854. The highest BCUT2D eigenvalue weighted by Crippen LogP contribution is 2.26. The third-order valence-electron chi connectivity index (χ3n) is 4.05. The van der Waals surface area contributed by atoms with Crippen molar-refractivity contribution in [3.63, 3.8) is 0 Å². The van der Waals surface area contributed by atoms with Gasteiger partial charge in [0.05, 0.1) is 6.54 Å². The lowest BCUT2D eigenvalue weighted by Gasteiger charge is -2.16. The van der Waals surface area contributed by atoms with Gasteiger partial charge in [-0.25, -0.2) is 4.79 Å². The molecule has 29 heavy (non-hydrogen) atoms. The van der Waals surface area contributed by atoms with Gasteiger partial charge in [-0.2, -0.15) is 34.0 Å². The molecule has 3 aromatic heterocycles. The summed E-state index contributed by atoms with van der Waals surface area (Å²) in [6.07, 6.45) is 1.85. The van der Waals surface area contributed by atoms with Crippen LogP contribution in [-0.2, 0) is 9.59 Å². The summed E-state index contributed by atoms with van der Waals surface area (Å²) >= 11 is 5.07. The zero-order chi connectivity index (χ0) is 21.2. The minimum Gasteiger partial charge on any atom is -0.539 e. The Morgan fingerprint density at radius 2 is 1.59 bits per heavy atom. The molecule has 0 aliphatic heterocycles. The lowest BCUT2D eigenvalue weighted by atomic mass is 10.0. The van der Waals surface area contributed by atoms with E-state index >= 15 is 0 Å². The van der Waals surface area contributed by atoms with Gasteiger partial charge in [-0.1, -0.05) is 0 Å². The average molecular weight is 452 g/mol. The number of carboxylic acid groups (broad SMARTS) is 2. The summed E-state index contributed by atoms with van der Waals surface area (Å²) in [7, 11) is 0. The van der Waals surface area contributed by atoms with Crippen LogP contribution in [-0.4, -0.2) is 34.7 Å². The molecule has 0 amide bonds. The van der Waals surface area contributed by atoms with E-state index in [2.05, 4.69) is 52.0 Å². The number of aliphatic carboxylic acids is 2. The fraction of sp³-hybridized carbons (Fsp3) is 0.200. The third kappa shape index (κ3) is 7.22. The lowest BCUT2D eigenvalue weighted by molar-refractivity contribution is -0.686. The van der Waals surface area contributed by atoms with E-state index in [1.165, 1.54) is 16.7 Å². The molecular weight excluding hydrogens is 430 g/mol. The van der Waals surface area contributed by atoms with Gasteiger partial charge >= 0.3 is 5.97 Å². The summed E-state index contributed by atoms with van der Waals surface area (Å²) in [5, 5.41) is 41.5. The molecule has 2 unspecified atom stereocenters. The lowest BCUT2D eigenvalue weighted by Crippen LogP contribution is -2.90. The fourth-order valence-corrected chi connectivity index (χ4v) is 4.52. The first kappa shape index (κ1) is 23.0. The summed E-state index contributed by atoms with van der Waals surface area (Å²) in [5.41, 5.74) is 4.83. The van der Waals surface area contributed by atoms with Crippen molar-refractivity contribution in [2.24, 2.45) is 0 Å². The van der Waals surface area contributed by atoms with Crippen molar-refractivity contribution in [3.05, 3.63) is 73.2 Å². The van der Waals surface area contributed by atoms with Crippen LogP contribution in [0, 0.1) is 0 Å². The highest BCUT2D eigenvalue weighted by Gasteiger charge is 2.19. The van der Waals surface area contributed by atoms with Gasteiger partial charge in [0, 0.05) is 0 Å². The van der Waals surface area contributed by atoms with E-state index in [1.54, 1.807) is 34.0 Å². The number of carbonyl (C=O) groups excluding carboxylic acids is 1. The van der Waals surface area contributed by atoms with E-state index in [1.807, 2.05) is 16.8 Å². The Morgan fingerprint density at radius 3 is 2.00 bits per heavy atom. The van der Waals surface area contributed by atoms with Crippen LogP contribution in [0.2, 0.25) is 0 Å². The molecule has 0 aliphatic carbocycles. The van der Waals surface area contributed by atoms with Crippen molar-refractivity contribution in [3.8, 4) is 0 Å². The molecule has 0 saturated heterocycles. The molecule has 154 valence electrons. The smallest absolute Gasteiger partial charge is 0.351 e. The Kier molecular flexibility index (Phi) is 9.23. The minimum atomic E-state index is -2.07. The maximum absolute atomic E-state index is 10.4. The molecule has 0 aliphatic rings. The van der Waals surface area contributed by atoms with Crippen molar-refractivity contribution in [1.82, 2.24) is 0 Å². The van der Waals surface area contributed by atoms with Crippen LogP contribution < -0.4 is 10.4 Å². The van der Waals surface area contributed by atoms with Crippen molar-refractivity contribution in [1.29, 1.82) is 0 Å². The number of quaternary nitrogens is 1. The van der Waals surface area contributed by atoms with Crippen molar-refractivity contribution < 1.29 is 30.2 Å². The zero-order valence-corrected chi connectivity index (χ0v) is 18.0. The first-order chi connectivity index (χ1) is 13.9. The molecule has 9 heteroatoms. The number of hydrogen-bond acceptors (Lipinski definition) is 7. The third-order valence-corrected chi connectivity index (χ3v) is 6.12. The van der Waals surface area contributed by atoms with E-state index in [4.69, 9.17) is 19.8 Å². The number of thiophene rings is 3. The second-order valence-corrected chi connectivity index (χ2v) is 8.41. The molecule has 6 nitrogen and oxygen atoms in total. The van der Waals surface area contributed by atoms with Crippen LogP contribution in [0.15, 0.2) is 56.6 Å². The van der Waals surface area contributed by atoms with E-state index < -0.39 is 18.0 Å². The molecule has 2 atom stereocenters. The Hall–Kier alpha value is -2.30. The van der Waals surface area contributed by atoms with Gasteiger partial charge in [0.25, 0.3) is 0 Å². The van der Waals surface area contributed by atoms with E-state index in [0.29, 0.717) is 0 Å². The number of aliphatic hydroxyl groups is 1. The van der Waals surface area contributed by atoms with Crippen LogP contribution in [0.25, 0.3) is 5.57 Å². The van der Waals surface area contributed by atoms with Crippen LogP contribution >= 0.6 is 34.0 Å². The maximum Gasteiger partial charge on any atom is 0.351 e. The van der Waals surface area contributed by atoms with E-state index in [0.717, 1.165) is 12.1 Å². The van der Waals surface area contributed by atoms with E-state index in [-0.39, 0.29) is 6.04 Å². The topological polar surface area (TPSA) is 114 Å². The minimum absolute atomic E-state index is 0.132. The van der Waals surface area contributed by atoms with Gasteiger partial charge in [-0.15, -0.1) is 0 Å². The van der Waals surface area contributed by atoms with Gasteiger partial charge in [0.2, 0.25) is 0 Å². The first-order valence-electron chi connectivity index (χ1n) is 8.63. The molecule has 0 fully saturated rings. The monoisotopic (exact) mass is 451 g/mol. The van der Waals surface area contributed by atoms with Gasteiger partial charge in [-0.05, 0) is 85.7 Å². The van der Waals surface area contributed by atoms with Gasteiger partial charge in [0.1, 0.15) is 12.1 Å². The molecule has 0 bridgehead atoms. The van der Waals surface area contributed by atoms with E-state index in [9.17, 15) is 5.11 Å². The number of hydrogen-bond donors (Lipinski definition) is 3. The summed E-state index contributed by atoms with van der Waals surface area (Å²) < 4.78 is 0. The summed E-state index contributed by atoms with van der Waals surface area (Å²) in [6, 6.07) is 6.46. The summed E-state index contributed by atoms with van der Waals surface area (Å²) in [5.74, 6) is -4.01. The van der Waals surface area contributed by atoms with Gasteiger partial charge in [0.15, 0.2) is 5.97 Å². The van der Waals surface area contributed by atoms with Crippen LogP contribution in [0.1, 0.15) is 29.7 Å². The number of carbonyl (C=O) groups is 2. The molecule has 0 saturated carbocycles. The molecule has 3 aromatic rings. The number of nitrogens with two attached hydrogens (primary N) is 1. The second kappa shape index (κ2) is 11.6. The molecule has 3 rings (SSSR count). The quantitative estimate of drug-likeness (QED) is 0.474.